The highest BCUT2D eigenvalue weighted by Gasteiger charge is 2.62. The Balaban J connectivity index is 0.000000658. The van der Waals surface area contributed by atoms with Crippen LogP contribution in [0.25, 0.3) is 0 Å². The number of rotatable bonds is 7. The van der Waals surface area contributed by atoms with Gasteiger partial charge >= 0.3 is 7.25 Å². The molecule has 1 atom stereocenters. The van der Waals surface area contributed by atoms with Crippen LogP contribution < -0.4 is 15.9 Å². The Hall–Kier alpha value is -2.89. The van der Waals surface area contributed by atoms with Crippen molar-refractivity contribution in [2.45, 2.75) is 4.99 Å². The molecule has 0 amide bonds. The fourth-order valence-electron chi connectivity index (χ4n) is 4.29. The lowest BCUT2D eigenvalue weighted by Gasteiger charge is -2.31. The highest BCUT2D eigenvalue weighted by Crippen LogP contribution is 2.62. The van der Waals surface area contributed by atoms with Crippen molar-refractivity contribution in [1.82, 2.24) is 0 Å². The predicted octanol–water partition coefficient (Wildman–Crippen LogP) is 6.37. The minimum Gasteiger partial charge on any atom is -0.418 e. The Bertz CT molecular complexity index is 1120. The van der Waals surface area contributed by atoms with Gasteiger partial charge in [0.25, 0.3) is 10.8 Å². The number of ketones is 1. The molecule has 1 unspecified atom stereocenters. The van der Waals surface area contributed by atoms with Gasteiger partial charge in [0.15, 0.2) is 7.26 Å². The summed E-state index contributed by atoms with van der Waals surface area (Å²) in [4.78, 5) is 14.1. The van der Waals surface area contributed by atoms with Crippen molar-refractivity contribution in [3.8, 4) is 0 Å². The van der Waals surface area contributed by atoms with Gasteiger partial charge in [-0.25, -0.2) is 0 Å². The van der Waals surface area contributed by atoms with Crippen LogP contribution in [0.15, 0.2) is 121 Å². The Kier molecular flexibility index (Phi) is 9.52. The van der Waals surface area contributed by atoms with Crippen LogP contribution in [-0.4, -0.2) is 30.5 Å². The Morgan fingerprint density at radius 3 is 1.17 bits per heavy atom. The highest BCUT2D eigenvalue weighted by molar-refractivity contribution is 8.13. The summed E-state index contributed by atoms with van der Waals surface area (Å²) < 4.78 is 39.0. The van der Waals surface area contributed by atoms with Gasteiger partial charge in [-0.3, -0.25) is 4.79 Å². The first kappa shape index (κ1) is 27.7. The molecule has 36 heavy (non-hydrogen) atoms. The second kappa shape index (κ2) is 12.4. The number of hydrogen-bond donors (Lipinski definition) is 0. The van der Waals surface area contributed by atoms with Gasteiger partial charge in [-0.15, -0.1) is 0 Å². The molecule has 4 rings (SSSR count). The lowest BCUT2D eigenvalue weighted by Crippen LogP contribution is -2.45. The largest absolute Gasteiger partial charge is 0.673 e. The number of hydrogen-bond acceptors (Lipinski definition) is 1. The van der Waals surface area contributed by atoms with Crippen molar-refractivity contribution in [1.29, 1.82) is 0 Å². The average molecular weight is 529 g/mol. The standard InChI is InChI=1S/C28H27OPS.BF4/c1-31(2)28(27(29)23-15-7-3-8-16-23)30(24-17-9-4-10-18-24,25-19-11-5-12-20-25)26-21-13-6-14-22-26;2-1(3,4)5/h3-22,28H,1-2H3;/q+2;-1. The van der Waals surface area contributed by atoms with Crippen molar-refractivity contribution in [2.75, 3.05) is 12.5 Å². The first-order valence-corrected chi connectivity index (χ1v) is 15.2. The summed E-state index contributed by atoms with van der Waals surface area (Å²) in [6.07, 6.45) is 4.43. The molecule has 186 valence electrons. The van der Waals surface area contributed by atoms with Crippen LogP contribution in [0, 0.1) is 0 Å². The molecule has 0 radical (unpaired) electrons. The third kappa shape index (κ3) is 6.66. The number of Topliss-reactive ketones (excluding diaryl/α,β-unsaturated/α-hetero) is 1. The molecule has 0 fully saturated rings. The maximum atomic E-state index is 14.2. The Morgan fingerprint density at radius 1 is 0.611 bits per heavy atom. The first-order chi connectivity index (χ1) is 17.2. The zero-order valence-electron chi connectivity index (χ0n) is 20.0. The first-order valence-electron chi connectivity index (χ1n) is 11.2. The van der Waals surface area contributed by atoms with Crippen LogP contribution in [0.4, 0.5) is 17.3 Å². The fraction of sp³-hybridized carbons (Fsp3) is 0.107. The number of halogens is 4. The molecule has 4 aromatic rings. The van der Waals surface area contributed by atoms with E-state index in [4.69, 9.17) is 0 Å². The summed E-state index contributed by atoms with van der Waals surface area (Å²) in [6, 6.07) is 41.9. The molecule has 0 heterocycles. The van der Waals surface area contributed by atoms with E-state index in [9.17, 15) is 22.1 Å². The third-order valence-corrected chi connectivity index (χ3v) is 13.2. The van der Waals surface area contributed by atoms with Gasteiger partial charge in [0.2, 0.25) is 0 Å². The van der Waals surface area contributed by atoms with Gasteiger partial charge in [-0.2, -0.15) is 0 Å². The molecule has 4 aromatic carbocycles. The lowest BCUT2D eigenvalue weighted by molar-refractivity contribution is 0.101. The van der Waals surface area contributed by atoms with Crippen molar-refractivity contribution in [3.05, 3.63) is 127 Å². The number of benzene rings is 4. The van der Waals surface area contributed by atoms with Crippen LogP contribution in [0.5, 0.6) is 0 Å². The van der Waals surface area contributed by atoms with E-state index in [0.717, 1.165) is 5.56 Å². The molecule has 0 aliphatic rings. The van der Waals surface area contributed by atoms with Gasteiger partial charge in [0.05, 0.1) is 0 Å². The van der Waals surface area contributed by atoms with Crippen molar-refractivity contribution >= 4 is 47.1 Å². The molecule has 0 aliphatic heterocycles. The second-order valence-electron chi connectivity index (χ2n) is 8.19. The normalized spacial score (nSPS) is 12.4. The van der Waals surface area contributed by atoms with E-state index >= 15 is 0 Å². The topological polar surface area (TPSA) is 17.1 Å². The molecule has 0 aromatic heterocycles. The van der Waals surface area contributed by atoms with Crippen LogP contribution in [0.3, 0.4) is 0 Å². The van der Waals surface area contributed by atoms with E-state index in [-0.39, 0.29) is 21.7 Å². The zero-order valence-corrected chi connectivity index (χ0v) is 21.7. The van der Waals surface area contributed by atoms with Crippen LogP contribution in [0.1, 0.15) is 10.4 Å². The molecule has 8 heteroatoms. The molecule has 0 spiro atoms. The van der Waals surface area contributed by atoms with Gasteiger partial charge in [0.1, 0.15) is 28.4 Å². The van der Waals surface area contributed by atoms with E-state index in [1.807, 2.05) is 30.3 Å². The SMILES string of the molecule is C[S+](C)C(C(=O)c1ccccc1)[P+](c1ccccc1)(c1ccccc1)c1ccccc1.F[B-](F)(F)F. The predicted molar refractivity (Wildman–Crippen MR) is 149 cm³/mol. The van der Waals surface area contributed by atoms with Crippen LogP contribution >= 0.6 is 7.26 Å². The number of carbonyl (C=O) groups excluding carboxylic acids is 1. The smallest absolute Gasteiger partial charge is 0.418 e. The van der Waals surface area contributed by atoms with E-state index in [2.05, 4.69) is 104 Å². The van der Waals surface area contributed by atoms with Gasteiger partial charge < -0.3 is 17.3 Å². The van der Waals surface area contributed by atoms with Crippen molar-refractivity contribution < 1.29 is 22.1 Å². The molecular weight excluding hydrogens is 502 g/mol. The third-order valence-electron chi connectivity index (χ3n) is 5.57. The summed E-state index contributed by atoms with van der Waals surface area (Å²) in [5, 5.41) is 3.76. The van der Waals surface area contributed by atoms with Crippen molar-refractivity contribution in [3.63, 3.8) is 0 Å². The molecule has 0 saturated heterocycles. The maximum Gasteiger partial charge on any atom is 0.673 e. The molecule has 0 saturated carbocycles. The molecule has 0 N–H and O–H groups in total. The Morgan fingerprint density at radius 2 is 0.889 bits per heavy atom. The van der Waals surface area contributed by atoms with Gasteiger partial charge in [-0.1, -0.05) is 84.9 Å². The highest BCUT2D eigenvalue weighted by atomic mass is 32.2. The average Bonchev–Trinajstić information content (AvgIpc) is 2.88. The van der Waals surface area contributed by atoms with Gasteiger partial charge in [0, 0.05) is 16.5 Å². The van der Waals surface area contributed by atoms with Gasteiger partial charge in [-0.05, 0) is 36.4 Å². The minimum absolute atomic E-state index is 0.137. The molecule has 1 nitrogen and oxygen atoms in total. The van der Waals surface area contributed by atoms with Crippen molar-refractivity contribution in [2.24, 2.45) is 0 Å². The van der Waals surface area contributed by atoms with E-state index in [1.165, 1.54) is 15.9 Å². The molecule has 0 aliphatic carbocycles. The summed E-state index contributed by atoms with van der Waals surface area (Å²) in [5.41, 5.74) is 0.792. The van der Waals surface area contributed by atoms with E-state index in [1.54, 1.807) is 0 Å². The van der Waals surface area contributed by atoms with Crippen LogP contribution in [0.2, 0.25) is 0 Å². The summed E-state index contributed by atoms with van der Waals surface area (Å²) in [5.74, 6) is 0.235. The molecular formula is C28H27BF4OPS+. The minimum atomic E-state index is -6.00. The second-order valence-corrected chi connectivity index (χ2v) is 14.3. The Labute approximate surface area is 213 Å². The van der Waals surface area contributed by atoms with E-state index in [0.29, 0.717) is 0 Å². The maximum absolute atomic E-state index is 14.2. The quantitative estimate of drug-likeness (QED) is 0.0895. The fourth-order valence-corrected chi connectivity index (χ4v) is 12.6. The van der Waals surface area contributed by atoms with Crippen LogP contribution in [-0.2, 0) is 10.9 Å². The zero-order chi connectivity index (χ0) is 26.2. The lowest BCUT2D eigenvalue weighted by atomic mass is 10.1. The number of carbonyl (C=O) groups is 1. The van der Waals surface area contributed by atoms with E-state index < -0.39 is 14.5 Å². The summed E-state index contributed by atoms with van der Waals surface area (Å²) in [7, 11) is -8.43. The monoisotopic (exact) mass is 529 g/mol. The summed E-state index contributed by atoms with van der Waals surface area (Å²) >= 11 is 0. The summed E-state index contributed by atoms with van der Waals surface area (Å²) in [6.45, 7) is 0. The molecule has 0 bridgehead atoms.